The topological polar surface area (TPSA) is 66.4 Å². The molecular weight excluding hydrogens is 446 g/mol. The maximum Gasteiger partial charge on any atom is 0.190 e. The molecule has 10 heteroatoms. The average Bonchev–Trinajstić information content (AvgIpc) is 3.20. The van der Waals surface area contributed by atoms with Crippen LogP contribution in [0.15, 0.2) is 48.7 Å². The fraction of sp³-hybridized carbons (Fsp3) is 0.261. The quantitative estimate of drug-likeness (QED) is 0.371. The number of likely N-dealkylation sites (N-methyl/N-ethyl adjacent to an activating group) is 1. The summed E-state index contributed by atoms with van der Waals surface area (Å²) in [6.07, 6.45) is 1.83. The van der Waals surface area contributed by atoms with Crippen LogP contribution in [0.1, 0.15) is 5.56 Å². The Morgan fingerprint density at radius 3 is 2.64 bits per heavy atom. The zero-order valence-electron chi connectivity index (χ0n) is 18.5. The largest absolute Gasteiger partial charge is 0.383 e. The number of aromatic nitrogens is 3. The first kappa shape index (κ1) is 23.0. The molecule has 3 aromatic heterocycles. The zero-order valence-corrected chi connectivity index (χ0v) is 19.4. The second-order valence-electron chi connectivity index (χ2n) is 7.57. The van der Waals surface area contributed by atoms with Crippen molar-refractivity contribution in [1.29, 1.82) is 0 Å². The van der Waals surface area contributed by atoms with E-state index in [2.05, 4.69) is 25.2 Å². The molecule has 0 aliphatic carbocycles. The standard InChI is InChI=1S/C23H24F2N6OS/c1-30(10-11-32-3)14-15-4-8-20(26-13-15)28-23-27-18-6-9-21(29-22(18)33-23)31(2)19-7-5-16(24)12-17(19)25/h4-9,12-13H,10-11,14H2,1-3H3,(H,26,27,28). The molecule has 0 aliphatic rings. The monoisotopic (exact) mass is 470 g/mol. The molecule has 0 aliphatic heterocycles. The van der Waals surface area contributed by atoms with E-state index in [1.807, 2.05) is 31.4 Å². The van der Waals surface area contributed by atoms with Gasteiger partial charge in [-0.05, 0) is 42.9 Å². The first-order valence-electron chi connectivity index (χ1n) is 10.3. The Bertz CT molecular complexity index is 1230. The molecule has 4 rings (SSSR count). The van der Waals surface area contributed by atoms with Gasteiger partial charge in [-0.25, -0.2) is 23.7 Å². The molecule has 3 heterocycles. The molecule has 0 saturated heterocycles. The van der Waals surface area contributed by atoms with Crippen molar-refractivity contribution in [1.82, 2.24) is 19.9 Å². The van der Waals surface area contributed by atoms with Crippen LogP contribution >= 0.6 is 11.3 Å². The lowest BCUT2D eigenvalue weighted by molar-refractivity contribution is 0.158. The van der Waals surface area contributed by atoms with E-state index in [0.29, 0.717) is 28.2 Å². The first-order valence-corrected chi connectivity index (χ1v) is 11.1. The number of halogens is 2. The van der Waals surface area contributed by atoms with Crippen LogP contribution in [0.5, 0.6) is 0 Å². The number of hydrogen-bond donors (Lipinski definition) is 1. The Labute approximate surface area is 194 Å². The Morgan fingerprint density at radius 1 is 1.06 bits per heavy atom. The SMILES string of the molecule is COCCN(C)Cc1ccc(Nc2nc3ccc(N(C)c4ccc(F)cc4F)nc3s2)nc1. The summed E-state index contributed by atoms with van der Waals surface area (Å²) in [7, 11) is 5.41. The van der Waals surface area contributed by atoms with Gasteiger partial charge in [-0.15, -0.1) is 0 Å². The van der Waals surface area contributed by atoms with Crippen LogP contribution in [0.4, 0.5) is 31.2 Å². The second kappa shape index (κ2) is 10.2. The zero-order chi connectivity index (χ0) is 23.4. The number of fused-ring (bicyclic) bond motifs is 1. The molecule has 0 spiro atoms. The summed E-state index contributed by atoms with van der Waals surface area (Å²) in [6.45, 7) is 2.32. The van der Waals surface area contributed by atoms with Gasteiger partial charge in [-0.3, -0.25) is 4.90 Å². The van der Waals surface area contributed by atoms with Gasteiger partial charge in [0.25, 0.3) is 0 Å². The minimum Gasteiger partial charge on any atom is -0.383 e. The molecular formula is C23H24F2N6OS. The number of pyridine rings is 2. The summed E-state index contributed by atoms with van der Waals surface area (Å²) >= 11 is 1.37. The van der Waals surface area contributed by atoms with Gasteiger partial charge < -0.3 is 15.0 Å². The van der Waals surface area contributed by atoms with Gasteiger partial charge in [0.1, 0.15) is 33.6 Å². The normalized spacial score (nSPS) is 11.3. The van der Waals surface area contributed by atoms with Crippen LogP contribution < -0.4 is 10.2 Å². The van der Waals surface area contributed by atoms with Gasteiger partial charge in [0.15, 0.2) is 5.13 Å². The highest BCUT2D eigenvalue weighted by Gasteiger charge is 2.14. The summed E-state index contributed by atoms with van der Waals surface area (Å²) < 4.78 is 32.5. The van der Waals surface area contributed by atoms with Gasteiger partial charge >= 0.3 is 0 Å². The molecule has 0 radical (unpaired) electrons. The summed E-state index contributed by atoms with van der Waals surface area (Å²) in [5.74, 6) is -0.0530. The third kappa shape index (κ3) is 5.59. The molecule has 1 aromatic carbocycles. The van der Waals surface area contributed by atoms with Crippen LogP contribution in [0.25, 0.3) is 10.3 Å². The van der Waals surface area contributed by atoms with Crippen molar-refractivity contribution in [2.24, 2.45) is 0 Å². The lowest BCUT2D eigenvalue weighted by Crippen LogP contribution is -2.22. The fourth-order valence-electron chi connectivity index (χ4n) is 3.26. The maximum atomic E-state index is 14.2. The van der Waals surface area contributed by atoms with Crippen LogP contribution in [0.2, 0.25) is 0 Å². The lowest BCUT2D eigenvalue weighted by Gasteiger charge is -2.18. The summed E-state index contributed by atoms with van der Waals surface area (Å²) in [5.41, 5.74) is 2.06. The van der Waals surface area contributed by atoms with E-state index in [1.165, 1.54) is 23.5 Å². The molecule has 1 N–H and O–H groups in total. The van der Waals surface area contributed by atoms with Crippen LogP contribution in [0, 0.1) is 11.6 Å². The van der Waals surface area contributed by atoms with E-state index < -0.39 is 11.6 Å². The van der Waals surface area contributed by atoms with Crippen LogP contribution in [-0.4, -0.2) is 54.2 Å². The second-order valence-corrected chi connectivity index (χ2v) is 8.55. The molecule has 0 fully saturated rings. The van der Waals surface area contributed by atoms with Crippen molar-refractivity contribution in [3.05, 3.63) is 65.9 Å². The van der Waals surface area contributed by atoms with Gasteiger partial charge in [-0.2, -0.15) is 0 Å². The number of thiazole rings is 1. The number of hydrogen-bond acceptors (Lipinski definition) is 8. The smallest absolute Gasteiger partial charge is 0.190 e. The molecule has 0 bridgehead atoms. The molecule has 33 heavy (non-hydrogen) atoms. The summed E-state index contributed by atoms with van der Waals surface area (Å²) in [6, 6.07) is 11.0. The third-order valence-electron chi connectivity index (χ3n) is 5.04. The molecule has 0 saturated carbocycles. The number of benzene rings is 1. The number of nitrogens with zero attached hydrogens (tertiary/aromatic N) is 5. The summed E-state index contributed by atoms with van der Waals surface area (Å²) in [5, 5.41) is 3.87. The van der Waals surface area contributed by atoms with E-state index in [9.17, 15) is 8.78 Å². The average molecular weight is 471 g/mol. The van der Waals surface area contributed by atoms with Crippen molar-refractivity contribution in [2.45, 2.75) is 6.54 Å². The number of methoxy groups -OCH3 is 1. The Balaban J connectivity index is 1.46. The predicted molar refractivity (Wildman–Crippen MR) is 128 cm³/mol. The van der Waals surface area contributed by atoms with Crippen LogP contribution in [-0.2, 0) is 11.3 Å². The molecule has 4 aromatic rings. The molecule has 0 amide bonds. The number of rotatable bonds is 9. The predicted octanol–water partition coefficient (Wildman–Crippen LogP) is 4.95. The van der Waals surface area contributed by atoms with Gasteiger partial charge in [0, 0.05) is 39.5 Å². The van der Waals surface area contributed by atoms with E-state index >= 15 is 0 Å². The van der Waals surface area contributed by atoms with Gasteiger partial charge in [0.2, 0.25) is 0 Å². The molecule has 0 unspecified atom stereocenters. The van der Waals surface area contributed by atoms with Gasteiger partial charge in [-0.1, -0.05) is 17.4 Å². The molecule has 7 nitrogen and oxygen atoms in total. The Hall–Kier alpha value is -3.21. The van der Waals surface area contributed by atoms with E-state index in [4.69, 9.17) is 4.74 Å². The van der Waals surface area contributed by atoms with Crippen molar-refractivity contribution in [3.63, 3.8) is 0 Å². The third-order valence-corrected chi connectivity index (χ3v) is 5.93. The van der Waals surface area contributed by atoms with E-state index in [1.54, 1.807) is 25.1 Å². The van der Waals surface area contributed by atoms with Gasteiger partial charge in [0.05, 0.1) is 12.3 Å². The maximum absolute atomic E-state index is 14.2. The number of ether oxygens (including phenoxy) is 1. The minimum absolute atomic E-state index is 0.239. The highest BCUT2D eigenvalue weighted by molar-refractivity contribution is 7.21. The van der Waals surface area contributed by atoms with Crippen molar-refractivity contribution in [2.75, 3.05) is 44.6 Å². The van der Waals surface area contributed by atoms with Crippen molar-refractivity contribution < 1.29 is 13.5 Å². The number of anilines is 4. The Morgan fingerprint density at radius 2 is 1.91 bits per heavy atom. The molecule has 0 atom stereocenters. The van der Waals surface area contributed by atoms with E-state index in [-0.39, 0.29) is 5.69 Å². The highest BCUT2D eigenvalue weighted by Crippen LogP contribution is 2.31. The fourth-order valence-corrected chi connectivity index (χ4v) is 4.10. The minimum atomic E-state index is -0.648. The Kier molecular flexibility index (Phi) is 7.07. The van der Waals surface area contributed by atoms with Crippen molar-refractivity contribution >= 4 is 44.1 Å². The molecule has 172 valence electrons. The van der Waals surface area contributed by atoms with Crippen LogP contribution in [0.3, 0.4) is 0 Å². The lowest BCUT2D eigenvalue weighted by atomic mass is 10.2. The first-order chi connectivity index (χ1) is 15.9. The number of nitrogens with one attached hydrogen (secondary N) is 1. The highest BCUT2D eigenvalue weighted by atomic mass is 32.1. The summed E-state index contributed by atoms with van der Waals surface area (Å²) in [4.78, 5) is 18.1. The van der Waals surface area contributed by atoms with E-state index in [0.717, 1.165) is 30.2 Å². The van der Waals surface area contributed by atoms with Crippen molar-refractivity contribution in [3.8, 4) is 0 Å².